The number of aliphatic carboxylic acids is 2. The Balaban J connectivity index is -0.000000372. The van der Waals surface area contributed by atoms with Crippen LogP contribution in [0.4, 0.5) is 0 Å². The van der Waals surface area contributed by atoms with E-state index in [1.165, 1.54) is 0 Å². The summed E-state index contributed by atoms with van der Waals surface area (Å²) >= 11 is 0. The molecule has 2 atom stereocenters. The van der Waals surface area contributed by atoms with E-state index < -0.39 is 23.9 Å². The molecular formula is C16H22BaO8. The summed E-state index contributed by atoms with van der Waals surface area (Å²) in [6.45, 7) is 7.18. The Labute approximate surface area is 187 Å². The first-order valence-corrected chi connectivity index (χ1v) is 7.31. The number of carbonyl (C=O) groups is 4. The van der Waals surface area contributed by atoms with Gasteiger partial charge >= 0.3 is 60.8 Å². The Kier molecular flexibility index (Phi) is 20.4. The molecule has 0 aromatic carbocycles. The zero-order valence-corrected chi connectivity index (χ0v) is 19.3. The average Bonchev–Trinajstić information content (AvgIpc) is 2.51. The van der Waals surface area contributed by atoms with Crippen LogP contribution in [0.5, 0.6) is 0 Å². The van der Waals surface area contributed by atoms with E-state index in [2.05, 4.69) is 0 Å². The maximum Gasteiger partial charge on any atom is 2.00 e. The Bertz CT molecular complexity index is 441. The molecule has 0 saturated carbocycles. The largest absolute Gasteiger partial charge is 2.00 e. The van der Waals surface area contributed by atoms with Crippen molar-refractivity contribution in [2.45, 2.75) is 52.7 Å². The fourth-order valence-electron chi connectivity index (χ4n) is 0.914. The summed E-state index contributed by atoms with van der Waals surface area (Å²) in [5.74, 6) is -4.13. The molecule has 25 heavy (non-hydrogen) atoms. The molecule has 0 aromatic heterocycles. The van der Waals surface area contributed by atoms with Crippen molar-refractivity contribution in [2.24, 2.45) is 0 Å². The Morgan fingerprint density at radius 3 is 1.24 bits per heavy atom. The van der Waals surface area contributed by atoms with Crippen molar-refractivity contribution in [1.29, 1.82) is 0 Å². The predicted molar refractivity (Wildman–Crippen MR) is 85.7 cm³/mol. The van der Waals surface area contributed by atoms with Crippen molar-refractivity contribution in [2.75, 3.05) is 0 Å². The second-order valence-electron chi connectivity index (χ2n) is 4.62. The van der Waals surface area contributed by atoms with Gasteiger partial charge in [0.15, 0.2) is 0 Å². The minimum absolute atomic E-state index is 0. The summed E-state index contributed by atoms with van der Waals surface area (Å²) in [7, 11) is 0. The molecule has 0 aliphatic heterocycles. The van der Waals surface area contributed by atoms with Gasteiger partial charge in [0.1, 0.15) is 0 Å². The Morgan fingerprint density at radius 2 is 1.04 bits per heavy atom. The quantitative estimate of drug-likeness (QED) is 0.243. The number of carbonyl (C=O) groups excluding carboxylic acids is 4. The normalized spacial score (nSPS) is 12.3. The van der Waals surface area contributed by atoms with Gasteiger partial charge in [-0.05, 0) is 38.8 Å². The van der Waals surface area contributed by atoms with Crippen molar-refractivity contribution in [1.82, 2.24) is 0 Å². The molecule has 0 aliphatic rings. The molecule has 9 heteroatoms. The molecular weight excluding hydrogens is 457 g/mol. The number of hydrogen-bond donors (Lipinski definition) is 0. The van der Waals surface area contributed by atoms with E-state index in [-0.39, 0.29) is 61.1 Å². The number of ether oxygens (including phenoxy) is 2. The van der Waals surface area contributed by atoms with E-state index in [1.807, 2.05) is 13.8 Å². The van der Waals surface area contributed by atoms with Crippen LogP contribution in [0.25, 0.3) is 0 Å². The summed E-state index contributed by atoms with van der Waals surface area (Å²) in [6.07, 6.45) is 3.97. The van der Waals surface area contributed by atoms with E-state index in [0.717, 1.165) is 12.2 Å². The zero-order valence-electron chi connectivity index (χ0n) is 14.9. The van der Waals surface area contributed by atoms with Gasteiger partial charge in [0.2, 0.25) is 0 Å². The van der Waals surface area contributed by atoms with Gasteiger partial charge in [-0.1, -0.05) is 13.8 Å². The minimum Gasteiger partial charge on any atom is -0.545 e. The molecule has 0 amide bonds. The first-order valence-electron chi connectivity index (χ1n) is 7.31. The van der Waals surface area contributed by atoms with Gasteiger partial charge in [0.25, 0.3) is 0 Å². The van der Waals surface area contributed by atoms with Crippen molar-refractivity contribution in [3.05, 3.63) is 24.3 Å². The average molecular weight is 480 g/mol. The zero-order chi connectivity index (χ0) is 19.1. The number of rotatable bonds is 8. The predicted octanol–water partition coefficient (Wildman–Crippen LogP) is -1.11. The smallest absolute Gasteiger partial charge is 0.545 e. The van der Waals surface area contributed by atoms with E-state index >= 15 is 0 Å². The maximum absolute atomic E-state index is 10.7. The van der Waals surface area contributed by atoms with Crippen LogP contribution in [0.2, 0.25) is 0 Å². The van der Waals surface area contributed by atoms with Crippen LogP contribution >= 0.6 is 0 Å². The van der Waals surface area contributed by atoms with E-state index in [4.69, 9.17) is 9.47 Å². The van der Waals surface area contributed by atoms with Crippen molar-refractivity contribution >= 4 is 72.8 Å². The van der Waals surface area contributed by atoms with Gasteiger partial charge in [-0.3, -0.25) is 0 Å². The fourth-order valence-corrected chi connectivity index (χ4v) is 0.914. The van der Waals surface area contributed by atoms with E-state index in [1.54, 1.807) is 13.8 Å². The first kappa shape index (κ1) is 28.7. The van der Waals surface area contributed by atoms with Gasteiger partial charge < -0.3 is 29.3 Å². The summed E-state index contributed by atoms with van der Waals surface area (Å²) < 4.78 is 9.47. The second-order valence-corrected chi connectivity index (χ2v) is 4.62. The fraction of sp³-hybridized carbons (Fsp3) is 0.500. The maximum atomic E-state index is 10.7. The topological polar surface area (TPSA) is 133 Å². The molecule has 136 valence electrons. The first-order chi connectivity index (χ1) is 11.1. The van der Waals surface area contributed by atoms with Crippen molar-refractivity contribution < 1.29 is 38.9 Å². The number of carboxylic acids is 2. The van der Waals surface area contributed by atoms with Crippen LogP contribution in [0, 0.1) is 0 Å². The van der Waals surface area contributed by atoms with Crippen LogP contribution in [0.3, 0.4) is 0 Å². The van der Waals surface area contributed by atoms with Gasteiger partial charge in [0.05, 0.1) is 24.1 Å². The van der Waals surface area contributed by atoms with Crippen LogP contribution < -0.4 is 10.2 Å². The van der Waals surface area contributed by atoms with Crippen molar-refractivity contribution in [3.8, 4) is 0 Å². The monoisotopic (exact) mass is 480 g/mol. The van der Waals surface area contributed by atoms with Gasteiger partial charge in [0, 0.05) is 12.2 Å². The molecule has 0 aromatic rings. The van der Waals surface area contributed by atoms with Crippen LogP contribution in [0.1, 0.15) is 40.5 Å². The molecule has 2 unspecified atom stereocenters. The minimum atomic E-state index is -1.41. The molecule has 0 fully saturated rings. The molecule has 8 nitrogen and oxygen atoms in total. The number of hydrogen-bond acceptors (Lipinski definition) is 8. The van der Waals surface area contributed by atoms with Crippen LogP contribution in [-0.4, -0.2) is 85.0 Å². The van der Waals surface area contributed by atoms with Crippen LogP contribution in [-0.2, 0) is 28.7 Å². The Morgan fingerprint density at radius 1 is 0.760 bits per heavy atom. The third kappa shape index (κ3) is 22.9. The molecule has 0 spiro atoms. The third-order valence-corrected chi connectivity index (χ3v) is 2.50. The van der Waals surface area contributed by atoms with E-state index in [0.29, 0.717) is 25.0 Å². The summed E-state index contributed by atoms with van der Waals surface area (Å²) in [6, 6.07) is 0. The number of esters is 2. The summed E-state index contributed by atoms with van der Waals surface area (Å²) in [5.41, 5.74) is 0. The molecule has 0 radical (unpaired) electrons. The molecule has 0 saturated heterocycles. The molecule has 0 N–H and O–H groups in total. The SMILES string of the molecule is CCC(C)OC(=O)/C=C/C(=O)[O-].CCC(C)OC(=O)/C=C/C(=O)[O-].[Ba+2]. The summed E-state index contributed by atoms with van der Waals surface area (Å²) in [4.78, 5) is 41.1. The summed E-state index contributed by atoms with van der Waals surface area (Å²) in [5, 5.41) is 19.7. The van der Waals surface area contributed by atoms with Gasteiger partial charge in [-0.15, -0.1) is 0 Å². The van der Waals surface area contributed by atoms with Crippen LogP contribution in [0.15, 0.2) is 24.3 Å². The number of carboxylic acid groups (broad SMARTS) is 2. The van der Waals surface area contributed by atoms with E-state index in [9.17, 15) is 29.4 Å². The third-order valence-electron chi connectivity index (χ3n) is 2.50. The molecule has 0 bridgehead atoms. The van der Waals surface area contributed by atoms with Crippen molar-refractivity contribution in [3.63, 3.8) is 0 Å². The molecule has 0 heterocycles. The Hall–Kier alpha value is -1.07. The molecule has 0 aliphatic carbocycles. The van der Waals surface area contributed by atoms with Gasteiger partial charge in [-0.2, -0.15) is 0 Å². The standard InChI is InChI=1S/2C8H12O4.Ba/c2*1-3-6(2)12-8(11)5-4-7(9)10;/h2*4-6H,3H2,1-2H3,(H,9,10);/q;;+2/p-2/b2*5-4+;. The second kappa shape index (κ2) is 17.7. The molecule has 0 rings (SSSR count). The van der Waals surface area contributed by atoms with Gasteiger partial charge in [-0.25, -0.2) is 9.59 Å².